The Morgan fingerprint density at radius 2 is 1.69 bits per heavy atom. The largest absolute Gasteiger partial charge is 0.493 e. The summed E-state index contributed by atoms with van der Waals surface area (Å²) in [6, 6.07) is 16.0. The van der Waals surface area contributed by atoms with Gasteiger partial charge in [-0.3, -0.25) is 15.1 Å². The quantitative estimate of drug-likeness (QED) is 0.485. The van der Waals surface area contributed by atoms with Crippen LogP contribution in [0.2, 0.25) is 0 Å². The predicted molar refractivity (Wildman–Crippen MR) is 110 cm³/mol. The van der Waals surface area contributed by atoms with Gasteiger partial charge in [0.25, 0.3) is 5.69 Å². The lowest BCUT2D eigenvalue weighted by Gasteiger charge is -2.19. The number of rotatable bonds is 5. The number of aromatic nitrogens is 1. The normalized spacial score (nSPS) is 12.7. The summed E-state index contributed by atoms with van der Waals surface area (Å²) < 4.78 is 10.9. The van der Waals surface area contributed by atoms with E-state index in [4.69, 9.17) is 19.5 Å². The number of fused-ring (bicyclic) bond motifs is 1. The molecule has 0 spiro atoms. The monoisotopic (exact) mass is 389 g/mol. The first-order valence-electron chi connectivity index (χ1n) is 9.12. The van der Waals surface area contributed by atoms with E-state index >= 15 is 0 Å². The van der Waals surface area contributed by atoms with Crippen LogP contribution in [-0.4, -0.2) is 36.4 Å². The van der Waals surface area contributed by atoms with Gasteiger partial charge < -0.3 is 9.47 Å². The third-order valence-electron chi connectivity index (χ3n) is 4.86. The third kappa shape index (κ3) is 3.54. The van der Waals surface area contributed by atoms with Gasteiger partial charge in [-0.15, -0.1) is 0 Å². The number of non-ortho nitro benzene ring substituents is 1. The van der Waals surface area contributed by atoms with Crippen molar-refractivity contribution < 1.29 is 14.4 Å². The molecule has 0 bridgehead atoms. The molecule has 3 aromatic rings. The summed E-state index contributed by atoms with van der Waals surface area (Å²) in [7, 11) is 3.22. The van der Waals surface area contributed by atoms with Crippen LogP contribution >= 0.6 is 0 Å². The fraction of sp³-hybridized carbons (Fsp3) is 0.182. The van der Waals surface area contributed by atoms with E-state index in [0.717, 1.165) is 23.3 Å². The Labute approximate surface area is 167 Å². The highest BCUT2D eigenvalue weighted by Gasteiger charge is 2.21. The number of nitro groups is 1. The molecule has 0 saturated carbocycles. The molecule has 0 fully saturated rings. The Morgan fingerprint density at radius 1 is 0.966 bits per heavy atom. The molecule has 0 radical (unpaired) electrons. The number of hydrogen-bond donors (Lipinski definition) is 0. The maximum atomic E-state index is 11.1. The Balaban J connectivity index is 1.78. The molecule has 2 aromatic carbocycles. The van der Waals surface area contributed by atoms with Crippen molar-refractivity contribution in [2.75, 3.05) is 20.8 Å². The minimum Gasteiger partial charge on any atom is -0.493 e. The van der Waals surface area contributed by atoms with E-state index in [9.17, 15) is 10.1 Å². The average molecular weight is 389 g/mol. The van der Waals surface area contributed by atoms with Crippen molar-refractivity contribution in [2.24, 2.45) is 4.99 Å². The van der Waals surface area contributed by atoms with Crippen LogP contribution in [0, 0.1) is 10.1 Å². The number of hydrogen-bond acceptors (Lipinski definition) is 6. The number of methoxy groups -OCH3 is 2. The average Bonchev–Trinajstić information content (AvgIpc) is 2.77. The lowest BCUT2D eigenvalue weighted by molar-refractivity contribution is -0.384. The summed E-state index contributed by atoms with van der Waals surface area (Å²) in [6.07, 6.45) is 0.809. The molecule has 0 saturated heterocycles. The van der Waals surface area contributed by atoms with Gasteiger partial charge in [0.1, 0.15) is 0 Å². The lowest BCUT2D eigenvalue weighted by Crippen LogP contribution is -2.16. The summed E-state index contributed by atoms with van der Waals surface area (Å²) in [5.41, 5.74) is 4.94. The van der Waals surface area contributed by atoms with Crippen molar-refractivity contribution in [1.82, 2.24) is 4.98 Å². The maximum Gasteiger partial charge on any atom is 0.270 e. The Bertz CT molecular complexity index is 1120. The topological polar surface area (TPSA) is 86.8 Å². The van der Waals surface area contributed by atoms with Gasteiger partial charge in [0, 0.05) is 29.8 Å². The summed E-state index contributed by atoms with van der Waals surface area (Å²) in [5, 5.41) is 11.1. The molecular weight excluding hydrogens is 370 g/mol. The van der Waals surface area contributed by atoms with Gasteiger partial charge in [-0.1, -0.05) is 18.2 Å². The highest BCUT2D eigenvalue weighted by molar-refractivity contribution is 6.13. The van der Waals surface area contributed by atoms with Crippen LogP contribution < -0.4 is 9.47 Å². The zero-order valence-corrected chi connectivity index (χ0v) is 16.1. The highest BCUT2D eigenvalue weighted by atomic mass is 16.6. The van der Waals surface area contributed by atoms with Crippen LogP contribution in [-0.2, 0) is 6.42 Å². The lowest BCUT2D eigenvalue weighted by atomic mass is 9.94. The Morgan fingerprint density at radius 3 is 2.45 bits per heavy atom. The zero-order chi connectivity index (χ0) is 20.4. The molecule has 1 aromatic heterocycles. The van der Waals surface area contributed by atoms with Crippen LogP contribution in [0.25, 0.3) is 11.3 Å². The minimum absolute atomic E-state index is 0.0342. The van der Waals surface area contributed by atoms with Gasteiger partial charge in [0.2, 0.25) is 0 Å². The van der Waals surface area contributed by atoms with Crippen LogP contribution in [0.5, 0.6) is 11.5 Å². The van der Waals surface area contributed by atoms with E-state index in [1.54, 1.807) is 20.3 Å². The van der Waals surface area contributed by atoms with Gasteiger partial charge in [-0.25, -0.2) is 4.98 Å². The van der Waals surface area contributed by atoms with Gasteiger partial charge in [-0.05, 0) is 36.2 Å². The molecule has 146 valence electrons. The van der Waals surface area contributed by atoms with Gasteiger partial charge >= 0.3 is 0 Å². The van der Waals surface area contributed by atoms with E-state index in [0.29, 0.717) is 35.0 Å². The summed E-state index contributed by atoms with van der Waals surface area (Å²) in [6.45, 7) is 0.653. The molecule has 2 heterocycles. The van der Waals surface area contributed by atoms with E-state index in [2.05, 4.69) is 0 Å². The fourth-order valence-electron chi connectivity index (χ4n) is 3.45. The Kier molecular flexibility index (Phi) is 4.95. The van der Waals surface area contributed by atoms with Crippen LogP contribution in [0.15, 0.2) is 59.6 Å². The molecule has 0 atom stereocenters. The minimum atomic E-state index is -0.408. The van der Waals surface area contributed by atoms with Crippen molar-refractivity contribution in [3.8, 4) is 22.8 Å². The number of benzene rings is 2. The molecule has 4 rings (SSSR count). The SMILES string of the molecule is COc1cc2c(cc1OC)C(c1cccc(-c3cccc([N+](=O)[O-])c3)n1)=NCC2. The number of ether oxygens (including phenoxy) is 2. The second-order valence-electron chi connectivity index (χ2n) is 6.56. The number of nitrogens with zero attached hydrogens (tertiary/aromatic N) is 3. The second kappa shape index (κ2) is 7.71. The molecule has 0 amide bonds. The highest BCUT2D eigenvalue weighted by Crippen LogP contribution is 2.33. The van der Waals surface area contributed by atoms with E-state index < -0.39 is 4.92 Å². The van der Waals surface area contributed by atoms with Gasteiger partial charge in [0.05, 0.1) is 36.2 Å². The standard InChI is InChI=1S/C22H19N3O4/c1-28-20-12-14-9-10-23-22(17(14)13-21(20)29-2)19-8-4-7-18(24-19)15-5-3-6-16(11-15)25(26)27/h3-8,11-13H,9-10H2,1-2H3. The molecule has 1 aliphatic rings. The maximum absolute atomic E-state index is 11.1. The fourth-order valence-corrected chi connectivity index (χ4v) is 3.45. The number of aliphatic imine (C=N–C) groups is 1. The predicted octanol–water partition coefficient (Wildman–Crippen LogP) is 4.07. The molecular formula is C22H19N3O4. The third-order valence-corrected chi connectivity index (χ3v) is 4.86. The van der Waals surface area contributed by atoms with E-state index in [-0.39, 0.29) is 5.69 Å². The molecule has 0 N–H and O–H groups in total. The molecule has 7 heteroatoms. The van der Waals surface area contributed by atoms with E-state index in [1.165, 1.54) is 12.1 Å². The zero-order valence-electron chi connectivity index (χ0n) is 16.1. The molecule has 1 aliphatic heterocycles. The second-order valence-corrected chi connectivity index (χ2v) is 6.56. The van der Waals surface area contributed by atoms with Crippen molar-refractivity contribution >= 4 is 11.4 Å². The smallest absolute Gasteiger partial charge is 0.270 e. The van der Waals surface area contributed by atoms with Gasteiger partial charge in [-0.2, -0.15) is 0 Å². The van der Waals surface area contributed by atoms with Crippen molar-refractivity contribution in [3.05, 3.63) is 81.5 Å². The Hall–Kier alpha value is -3.74. The molecule has 7 nitrogen and oxygen atoms in total. The summed E-state index contributed by atoms with van der Waals surface area (Å²) >= 11 is 0. The summed E-state index contributed by atoms with van der Waals surface area (Å²) in [4.78, 5) is 20.1. The first-order chi connectivity index (χ1) is 14.1. The van der Waals surface area contributed by atoms with Crippen molar-refractivity contribution in [2.45, 2.75) is 6.42 Å². The van der Waals surface area contributed by atoms with E-state index in [1.807, 2.05) is 36.4 Å². The first-order valence-corrected chi connectivity index (χ1v) is 9.12. The molecule has 29 heavy (non-hydrogen) atoms. The van der Waals surface area contributed by atoms with Crippen LogP contribution in [0.3, 0.4) is 0 Å². The van der Waals surface area contributed by atoms with Crippen molar-refractivity contribution in [3.63, 3.8) is 0 Å². The summed E-state index contributed by atoms with van der Waals surface area (Å²) in [5.74, 6) is 1.32. The first kappa shape index (κ1) is 18.6. The van der Waals surface area contributed by atoms with Crippen LogP contribution in [0.1, 0.15) is 16.8 Å². The molecule has 0 unspecified atom stereocenters. The molecule has 0 aliphatic carbocycles. The number of nitro benzene ring substituents is 1. The van der Waals surface area contributed by atoms with Crippen LogP contribution in [0.4, 0.5) is 5.69 Å². The number of pyridine rings is 1. The van der Waals surface area contributed by atoms with Gasteiger partial charge in [0.15, 0.2) is 11.5 Å². The van der Waals surface area contributed by atoms with Crippen molar-refractivity contribution in [1.29, 1.82) is 0 Å².